The zero-order valence-electron chi connectivity index (χ0n) is 9.44. The number of amides is 1. The van der Waals surface area contributed by atoms with Crippen LogP contribution in [0.5, 0.6) is 0 Å². The van der Waals surface area contributed by atoms with Gasteiger partial charge in [0.05, 0.1) is 5.56 Å². The molecule has 1 heterocycles. The van der Waals surface area contributed by atoms with Crippen LogP contribution in [0, 0.1) is 5.92 Å². The lowest BCUT2D eigenvalue weighted by Crippen LogP contribution is -2.33. The van der Waals surface area contributed by atoms with Crippen molar-refractivity contribution in [1.29, 1.82) is 0 Å². The molecule has 1 amide bonds. The lowest BCUT2D eigenvalue weighted by molar-refractivity contribution is 0.0941. The average molecular weight is 332 g/mol. The van der Waals surface area contributed by atoms with Gasteiger partial charge in [0.2, 0.25) is 0 Å². The molecule has 1 aromatic rings. The Kier molecular flexibility index (Phi) is 4.37. The van der Waals surface area contributed by atoms with Crippen molar-refractivity contribution in [1.82, 2.24) is 10.3 Å². The number of halogens is 2. The quantitative estimate of drug-likeness (QED) is 0.659. The first-order valence-corrected chi connectivity index (χ1v) is 6.68. The molecule has 1 aliphatic carbocycles. The number of aliphatic hydroxyl groups excluding tert-OH is 1. The summed E-state index contributed by atoms with van der Waals surface area (Å²) in [6.45, 7) is 0.0993. The van der Waals surface area contributed by atoms with Gasteiger partial charge in [-0.2, -0.15) is 0 Å². The van der Waals surface area contributed by atoms with E-state index in [1.165, 1.54) is 6.20 Å². The van der Waals surface area contributed by atoms with Gasteiger partial charge in [-0.15, -0.1) is 0 Å². The molecule has 0 aliphatic heterocycles. The van der Waals surface area contributed by atoms with E-state index in [4.69, 9.17) is 16.7 Å². The van der Waals surface area contributed by atoms with Gasteiger partial charge in [0.1, 0.15) is 5.15 Å². The van der Waals surface area contributed by atoms with Crippen molar-refractivity contribution in [3.05, 3.63) is 39.6 Å². The molecule has 0 radical (unpaired) electrons. The Bertz CT molecular complexity index is 493. The lowest BCUT2D eigenvalue weighted by Gasteiger charge is -2.13. The van der Waals surface area contributed by atoms with Gasteiger partial charge in [0, 0.05) is 29.2 Å². The smallest absolute Gasteiger partial charge is 0.254 e. The van der Waals surface area contributed by atoms with Crippen LogP contribution in [0.2, 0.25) is 5.15 Å². The molecule has 1 aromatic heterocycles. The Balaban J connectivity index is 2.04. The predicted octanol–water partition coefficient (Wildman–Crippen LogP) is 2.16. The summed E-state index contributed by atoms with van der Waals surface area (Å²) in [6.07, 6.45) is 6.04. The first-order chi connectivity index (χ1) is 8.60. The van der Waals surface area contributed by atoms with E-state index in [1.807, 2.05) is 12.2 Å². The number of carbonyl (C=O) groups is 1. The van der Waals surface area contributed by atoms with Crippen LogP contribution >= 0.6 is 27.5 Å². The summed E-state index contributed by atoms with van der Waals surface area (Å²) in [5.41, 5.74) is 0.340. The van der Waals surface area contributed by atoms with E-state index in [2.05, 4.69) is 26.2 Å². The van der Waals surface area contributed by atoms with E-state index in [9.17, 15) is 4.79 Å². The number of aromatic nitrogens is 1. The number of pyridine rings is 1. The molecular formula is C12H12BrClN2O2. The second kappa shape index (κ2) is 5.82. The van der Waals surface area contributed by atoms with Crippen LogP contribution in [0.4, 0.5) is 0 Å². The van der Waals surface area contributed by atoms with E-state index >= 15 is 0 Å². The number of hydrogen-bond acceptors (Lipinski definition) is 3. The van der Waals surface area contributed by atoms with E-state index < -0.39 is 0 Å². The van der Waals surface area contributed by atoms with Gasteiger partial charge < -0.3 is 10.4 Å². The van der Waals surface area contributed by atoms with Crippen molar-refractivity contribution in [2.45, 2.75) is 12.5 Å². The second-order valence-electron chi connectivity index (χ2n) is 4.14. The summed E-state index contributed by atoms with van der Waals surface area (Å²) in [5.74, 6) is -0.145. The second-order valence-corrected chi connectivity index (χ2v) is 5.41. The molecule has 0 bridgehead atoms. The SMILES string of the molecule is O=C(N[C@@H]1C=C[C@H](CO)C1)c1cc(Br)cnc1Cl. The third kappa shape index (κ3) is 3.10. The van der Waals surface area contributed by atoms with Gasteiger partial charge in [-0.1, -0.05) is 23.8 Å². The molecule has 1 aliphatic rings. The van der Waals surface area contributed by atoms with E-state index in [0.29, 0.717) is 16.5 Å². The number of aliphatic hydroxyl groups is 1. The van der Waals surface area contributed by atoms with Crippen molar-refractivity contribution in [3.8, 4) is 0 Å². The van der Waals surface area contributed by atoms with E-state index in [1.54, 1.807) is 6.07 Å². The maximum absolute atomic E-state index is 12.0. The fraction of sp³-hybridized carbons (Fsp3) is 0.333. The molecule has 0 fully saturated rings. The van der Waals surface area contributed by atoms with Crippen molar-refractivity contribution in [2.75, 3.05) is 6.61 Å². The summed E-state index contributed by atoms with van der Waals surface area (Å²) in [6, 6.07) is 1.57. The standard InChI is InChI=1S/C12H12BrClN2O2/c13-8-4-10(11(14)15-5-8)12(18)16-9-2-1-7(3-9)6-17/h1-2,4-5,7,9,17H,3,6H2,(H,16,18)/t7-,9+/m0/s1. The van der Waals surface area contributed by atoms with Crippen molar-refractivity contribution in [3.63, 3.8) is 0 Å². The Morgan fingerprint density at radius 3 is 3.06 bits per heavy atom. The van der Waals surface area contributed by atoms with Gasteiger partial charge in [0.15, 0.2) is 0 Å². The van der Waals surface area contributed by atoms with Gasteiger partial charge in [-0.25, -0.2) is 4.98 Å². The maximum atomic E-state index is 12.0. The Hall–Kier alpha value is -0.910. The Morgan fingerprint density at radius 1 is 1.61 bits per heavy atom. The largest absolute Gasteiger partial charge is 0.396 e. The zero-order chi connectivity index (χ0) is 13.1. The highest BCUT2D eigenvalue weighted by Crippen LogP contribution is 2.20. The van der Waals surface area contributed by atoms with E-state index in [0.717, 1.165) is 0 Å². The summed E-state index contributed by atoms with van der Waals surface area (Å²) in [4.78, 5) is 15.9. The van der Waals surface area contributed by atoms with Crippen LogP contribution in [0.1, 0.15) is 16.8 Å². The molecule has 96 valence electrons. The summed E-state index contributed by atoms with van der Waals surface area (Å²) < 4.78 is 0.701. The molecular weight excluding hydrogens is 320 g/mol. The minimum absolute atomic E-state index is 0.0651. The monoisotopic (exact) mass is 330 g/mol. The molecule has 0 saturated carbocycles. The third-order valence-corrected chi connectivity index (χ3v) is 3.51. The molecule has 2 atom stereocenters. The summed E-state index contributed by atoms with van der Waals surface area (Å²) in [5, 5.41) is 12.0. The van der Waals surface area contributed by atoms with Crippen molar-refractivity contribution >= 4 is 33.4 Å². The molecule has 6 heteroatoms. The van der Waals surface area contributed by atoms with Gasteiger partial charge >= 0.3 is 0 Å². The number of carbonyl (C=O) groups excluding carboxylic acids is 1. The van der Waals surface area contributed by atoms with Crippen LogP contribution in [0.25, 0.3) is 0 Å². The molecule has 2 rings (SSSR count). The summed E-state index contributed by atoms with van der Waals surface area (Å²) >= 11 is 9.13. The van der Waals surface area contributed by atoms with Crippen LogP contribution in [0.15, 0.2) is 28.9 Å². The van der Waals surface area contributed by atoms with Gasteiger partial charge in [-0.3, -0.25) is 4.79 Å². The molecule has 0 saturated heterocycles. The number of rotatable bonds is 3. The zero-order valence-corrected chi connectivity index (χ0v) is 11.8. The summed E-state index contributed by atoms with van der Waals surface area (Å²) in [7, 11) is 0. The molecule has 0 unspecified atom stereocenters. The highest BCUT2D eigenvalue weighted by Gasteiger charge is 2.21. The van der Waals surface area contributed by atoms with Crippen LogP contribution in [-0.4, -0.2) is 28.6 Å². The van der Waals surface area contributed by atoms with Crippen molar-refractivity contribution < 1.29 is 9.90 Å². The minimum atomic E-state index is -0.262. The minimum Gasteiger partial charge on any atom is -0.396 e. The highest BCUT2D eigenvalue weighted by atomic mass is 79.9. The van der Waals surface area contributed by atoms with Crippen molar-refractivity contribution in [2.24, 2.45) is 5.92 Å². The highest BCUT2D eigenvalue weighted by molar-refractivity contribution is 9.10. The first kappa shape index (κ1) is 13.5. The number of nitrogens with one attached hydrogen (secondary N) is 1. The van der Waals surface area contributed by atoms with Crippen LogP contribution < -0.4 is 5.32 Å². The van der Waals surface area contributed by atoms with Crippen LogP contribution in [0.3, 0.4) is 0 Å². The lowest BCUT2D eigenvalue weighted by atomic mass is 10.1. The fourth-order valence-electron chi connectivity index (χ4n) is 1.84. The maximum Gasteiger partial charge on any atom is 0.254 e. The normalized spacial score (nSPS) is 22.2. The van der Waals surface area contributed by atoms with Crippen LogP contribution in [-0.2, 0) is 0 Å². The predicted molar refractivity (Wildman–Crippen MR) is 72.5 cm³/mol. The average Bonchev–Trinajstić information content (AvgIpc) is 2.80. The van der Waals surface area contributed by atoms with Gasteiger partial charge in [0.25, 0.3) is 5.91 Å². The first-order valence-electron chi connectivity index (χ1n) is 5.51. The topological polar surface area (TPSA) is 62.2 Å². The van der Waals surface area contributed by atoms with Gasteiger partial charge in [-0.05, 0) is 28.4 Å². The molecule has 2 N–H and O–H groups in total. The molecule has 0 aromatic carbocycles. The molecule has 0 spiro atoms. The van der Waals surface area contributed by atoms with E-state index in [-0.39, 0.29) is 29.6 Å². The Labute approximate surface area is 118 Å². The third-order valence-electron chi connectivity index (χ3n) is 2.77. The fourth-order valence-corrected chi connectivity index (χ4v) is 2.37. The molecule has 18 heavy (non-hydrogen) atoms. The molecule has 4 nitrogen and oxygen atoms in total. The number of hydrogen-bond donors (Lipinski definition) is 2. The number of nitrogens with zero attached hydrogens (tertiary/aromatic N) is 1. The Morgan fingerprint density at radius 2 is 2.39 bits per heavy atom.